The highest BCUT2D eigenvalue weighted by Crippen LogP contribution is 2.53. The molecular formula is C53H58FN9O8S. The average Bonchev–Trinajstić information content (AvgIpc) is 4.08. The normalized spacial score (nSPS) is 21.9. The Kier molecular flexibility index (Phi) is 11.6. The van der Waals surface area contributed by atoms with Crippen LogP contribution in [0.25, 0.3) is 44.7 Å². The standard InChI is InChI=1S/C53H58FN9O8S/c1-27(2)44(59-51(66)68-3)48(64)61-15-5-7-37(61)47-56-24-35(58-47)30-18-33(54)43-39-19-31-17-29(11-12-36(31)63(39)50(71-40(43)20-30)42-14-13-41(72-42)28-9-10-28)34-23-55-46(57-34)38-8-6-16-62(38)49(65)45(60-52(67)69-4)32-21-53(22-32)25-70-26-53/h11-14,17-20,23-24,27-28,32,37-38,44-45,50H,5-10,15-16,21-22,25-26H2,1-4H3,(H,55,57)(H,56,58)(H,59,66)(H,60,67)/t37-,38-,44-,45-,50?/m0/s1. The molecular weight excluding hydrogens is 942 g/mol. The number of carbonyl (C=O) groups excluding carboxylic acids is 4. The molecule has 2 aromatic carbocycles. The lowest BCUT2D eigenvalue weighted by Gasteiger charge is -2.55. The zero-order valence-electron chi connectivity index (χ0n) is 40.7. The van der Waals surface area contributed by atoms with Crippen LogP contribution in [0.4, 0.5) is 14.0 Å². The Balaban J connectivity index is 0.838. The molecule has 6 aromatic rings. The number of hydrogen-bond donors (Lipinski definition) is 4. The van der Waals surface area contributed by atoms with E-state index in [1.54, 1.807) is 28.6 Å². The molecule has 376 valence electrons. The van der Waals surface area contributed by atoms with Crippen LogP contribution < -0.4 is 15.4 Å². The van der Waals surface area contributed by atoms with Gasteiger partial charge in [0.25, 0.3) is 0 Å². The molecule has 4 aromatic heterocycles. The first-order valence-electron chi connectivity index (χ1n) is 25.1. The smallest absolute Gasteiger partial charge is 0.407 e. The first-order chi connectivity index (χ1) is 34.9. The number of thiophene rings is 1. The molecule has 4 aliphatic heterocycles. The number of imidazole rings is 2. The number of alkyl carbamates (subject to hydrolysis) is 2. The quantitative estimate of drug-likeness (QED) is 0.0918. The van der Waals surface area contributed by atoms with E-state index in [4.69, 9.17) is 28.9 Å². The summed E-state index contributed by atoms with van der Waals surface area (Å²) in [7, 11) is 2.58. The highest BCUT2D eigenvalue weighted by atomic mass is 32.1. The maximum Gasteiger partial charge on any atom is 0.407 e. The number of methoxy groups -OCH3 is 2. The van der Waals surface area contributed by atoms with Gasteiger partial charge in [0, 0.05) is 39.9 Å². The molecule has 4 N–H and O–H groups in total. The average molecular weight is 1000 g/mol. The zero-order chi connectivity index (χ0) is 49.6. The largest absolute Gasteiger partial charge is 0.464 e. The molecule has 19 heteroatoms. The number of nitrogens with one attached hydrogen (secondary N) is 4. The second-order valence-corrected chi connectivity index (χ2v) is 22.0. The third kappa shape index (κ3) is 8.08. The molecule has 12 rings (SSSR count). The molecule has 3 saturated heterocycles. The maximum atomic E-state index is 17.0. The minimum Gasteiger partial charge on any atom is -0.464 e. The van der Waals surface area contributed by atoms with E-state index in [0.29, 0.717) is 78.6 Å². The lowest BCUT2D eigenvalue weighted by Crippen LogP contribution is -2.61. The Hall–Kier alpha value is -6.73. The van der Waals surface area contributed by atoms with Gasteiger partial charge in [-0.25, -0.2) is 23.9 Å². The summed E-state index contributed by atoms with van der Waals surface area (Å²) in [5.41, 5.74) is 4.83. The second-order valence-electron chi connectivity index (χ2n) is 20.9. The Morgan fingerprint density at radius 1 is 0.806 bits per heavy atom. The van der Waals surface area contributed by atoms with Crippen molar-refractivity contribution in [2.45, 2.75) is 102 Å². The first kappa shape index (κ1) is 46.3. The molecule has 2 saturated carbocycles. The number of nitrogens with zero attached hydrogens (tertiary/aromatic N) is 5. The number of aromatic amines is 2. The third-order valence-electron chi connectivity index (χ3n) is 15.8. The van der Waals surface area contributed by atoms with E-state index in [0.717, 1.165) is 59.1 Å². The van der Waals surface area contributed by atoms with E-state index in [9.17, 15) is 19.2 Å². The van der Waals surface area contributed by atoms with E-state index >= 15 is 4.39 Å². The van der Waals surface area contributed by atoms with Gasteiger partial charge in [-0.2, -0.15) is 0 Å². The van der Waals surface area contributed by atoms with Crippen LogP contribution in [0.5, 0.6) is 5.75 Å². The predicted octanol–water partition coefficient (Wildman–Crippen LogP) is 8.96. The van der Waals surface area contributed by atoms with Gasteiger partial charge in [-0.05, 0) is 112 Å². The van der Waals surface area contributed by atoms with Crippen LogP contribution in [0.3, 0.4) is 0 Å². The SMILES string of the molecule is COC(=O)N[C@H](C(=O)N1CCC[C@H]1c1ncc(-c2cc(F)c3c(c2)OC(c2ccc(C4CC4)s2)n2c-3cc3cc(-c4cnc([C@@H]5CCCN5C(=O)[C@@H](NC(=O)OC)C5CC6(COC6)C5)[nH]4)ccc32)[nH]1)C(C)C. The Morgan fingerprint density at radius 2 is 1.46 bits per heavy atom. The van der Waals surface area contributed by atoms with Gasteiger partial charge in [0.1, 0.15) is 35.3 Å². The Morgan fingerprint density at radius 3 is 2.10 bits per heavy atom. The number of likely N-dealkylation sites (tertiary alicyclic amines) is 2. The summed E-state index contributed by atoms with van der Waals surface area (Å²) in [6.45, 7) is 6.20. The van der Waals surface area contributed by atoms with Crippen LogP contribution in [-0.4, -0.2) is 111 Å². The number of carbonyl (C=O) groups is 4. The van der Waals surface area contributed by atoms with Gasteiger partial charge in [-0.1, -0.05) is 19.9 Å². The van der Waals surface area contributed by atoms with Crippen LogP contribution >= 0.6 is 11.3 Å². The highest BCUT2D eigenvalue weighted by Gasteiger charge is 2.55. The molecule has 4 amide bonds. The molecule has 72 heavy (non-hydrogen) atoms. The van der Waals surface area contributed by atoms with Crippen LogP contribution in [0.15, 0.2) is 60.9 Å². The summed E-state index contributed by atoms with van der Waals surface area (Å²) >= 11 is 1.73. The summed E-state index contributed by atoms with van der Waals surface area (Å²) in [4.78, 5) is 75.2. The Bertz CT molecular complexity index is 3110. The molecule has 0 bridgehead atoms. The fourth-order valence-corrected chi connectivity index (χ4v) is 13.0. The minimum absolute atomic E-state index is 0.00239. The minimum atomic E-state index is -0.769. The van der Waals surface area contributed by atoms with Gasteiger partial charge in [0.2, 0.25) is 18.0 Å². The van der Waals surface area contributed by atoms with Crippen molar-refractivity contribution < 1.29 is 42.5 Å². The van der Waals surface area contributed by atoms with E-state index in [2.05, 4.69) is 43.4 Å². The fourth-order valence-electron chi connectivity index (χ4n) is 11.8. The van der Waals surface area contributed by atoms with Gasteiger partial charge in [-0.3, -0.25) is 14.2 Å². The van der Waals surface area contributed by atoms with Crippen molar-refractivity contribution in [3.8, 4) is 39.5 Å². The number of halogens is 1. The van der Waals surface area contributed by atoms with Crippen molar-refractivity contribution in [1.29, 1.82) is 0 Å². The molecule has 5 atom stereocenters. The number of ether oxygens (including phenoxy) is 4. The van der Waals surface area contributed by atoms with Crippen molar-refractivity contribution in [3.05, 3.63) is 88.1 Å². The van der Waals surface area contributed by atoms with E-state index in [1.807, 2.05) is 43.0 Å². The lowest BCUT2D eigenvalue weighted by molar-refractivity contribution is -0.186. The molecule has 2 aliphatic carbocycles. The summed E-state index contributed by atoms with van der Waals surface area (Å²) in [5.74, 6) is 1.25. The van der Waals surface area contributed by atoms with Crippen molar-refractivity contribution >= 4 is 46.2 Å². The van der Waals surface area contributed by atoms with E-state index in [-0.39, 0.29) is 41.1 Å². The molecule has 1 unspecified atom stereocenters. The number of benzene rings is 2. The Labute approximate surface area is 419 Å². The van der Waals surface area contributed by atoms with Crippen molar-refractivity contribution in [2.75, 3.05) is 40.5 Å². The summed E-state index contributed by atoms with van der Waals surface area (Å²) < 4.78 is 41.2. The molecule has 1 spiro atoms. The number of H-pyrrole nitrogens is 2. The number of hydrogen-bond acceptors (Lipinski definition) is 11. The van der Waals surface area contributed by atoms with Crippen molar-refractivity contribution in [2.24, 2.45) is 17.3 Å². The van der Waals surface area contributed by atoms with Gasteiger partial charge >= 0.3 is 12.2 Å². The highest BCUT2D eigenvalue weighted by molar-refractivity contribution is 7.12. The third-order valence-corrected chi connectivity index (χ3v) is 17.1. The van der Waals surface area contributed by atoms with Crippen LogP contribution in [-0.2, 0) is 23.8 Å². The summed E-state index contributed by atoms with van der Waals surface area (Å²) in [6, 6.07) is 13.7. The molecule has 5 fully saturated rings. The number of amides is 4. The van der Waals surface area contributed by atoms with Gasteiger partial charge < -0.3 is 49.3 Å². The maximum absolute atomic E-state index is 17.0. The topological polar surface area (TPSA) is 198 Å². The van der Waals surface area contributed by atoms with Crippen LogP contribution in [0.2, 0.25) is 0 Å². The zero-order valence-corrected chi connectivity index (χ0v) is 41.5. The monoisotopic (exact) mass is 999 g/mol. The second kappa shape index (κ2) is 18.1. The fraction of sp³-hybridized carbons (Fsp3) is 0.472. The van der Waals surface area contributed by atoms with Gasteiger partial charge in [0.05, 0.1) is 84.9 Å². The molecule has 6 aliphatic rings. The summed E-state index contributed by atoms with van der Waals surface area (Å²) in [6.07, 6.45) is 8.56. The van der Waals surface area contributed by atoms with Crippen molar-refractivity contribution in [1.82, 2.24) is 44.9 Å². The first-order valence-corrected chi connectivity index (χ1v) is 25.9. The number of rotatable bonds is 12. The number of fused-ring (bicyclic) bond motifs is 5. The molecule has 0 radical (unpaired) electrons. The predicted molar refractivity (Wildman–Crippen MR) is 264 cm³/mol. The van der Waals surface area contributed by atoms with Crippen LogP contribution in [0, 0.1) is 23.1 Å². The lowest BCUT2D eigenvalue weighted by atomic mass is 9.58. The van der Waals surface area contributed by atoms with E-state index in [1.165, 1.54) is 38.0 Å². The van der Waals surface area contributed by atoms with E-state index < -0.39 is 36.3 Å². The van der Waals surface area contributed by atoms with Gasteiger partial charge in [-0.15, -0.1) is 11.3 Å². The van der Waals surface area contributed by atoms with Crippen LogP contribution in [0.1, 0.15) is 111 Å². The van der Waals surface area contributed by atoms with Gasteiger partial charge in [0.15, 0.2) is 0 Å². The number of aromatic nitrogens is 5. The summed E-state index contributed by atoms with van der Waals surface area (Å²) in [5, 5.41) is 6.44. The molecule has 17 nitrogen and oxygen atoms in total. The van der Waals surface area contributed by atoms with Crippen molar-refractivity contribution in [3.63, 3.8) is 0 Å². The molecule has 8 heterocycles.